The largest absolute Gasteiger partial charge is 0.446 e. The highest BCUT2D eigenvalue weighted by molar-refractivity contribution is 9.10. The van der Waals surface area contributed by atoms with Crippen molar-refractivity contribution in [3.8, 4) is 11.6 Å². The van der Waals surface area contributed by atoms with Gasteiger partial charge in [-0.1, -0.05) is 0 Å². The molecule has 0 aliphatic rings. The van der Waals surface area contributed by atoms with Crippen LogP contribution in [0, 0.1) is 0 Å². The first-order chi connectivity index (χ1) is 5.36. The molecular formula is C6H4BrN3O. The van der Waals surface area contributed by atoms with Gasteiger partial charge in [0.1, 0.15) is 6.33 Å². The number of aromatic nitrogens is 3. The molecule has 2 aromatic heterocycles. The Bertz CT molecular complexity index is 340. The first kappa shape index (κ1) is 6.60. The number of hydrogen-bond acceptors (Lipinski definition) is 3. The normalized spacial score (nSPS) is 10.3. The topological polar surface area (TPSA) is 54.7 Å². The van der Waals surface area contributed by atoms with Crippen molar-refractivity contribution in [1.29, 1.82) is 0 Å². The summed E-state index contributed by atoms with van der Waals surface area (Å²) in [6.07, 6.45) is 1.44. The summed E-state index contributed by atoms with van der Waals surface area (Å²) in [5, 5.41) is 6.39. The fourth-order valence-corrected chi connectivity index (χ4v) is 1.07. The monoisotopic (exact) mass is 213 g/mol. The second-order valence-corrected chi connectivity index (χ2v) is 2.72. The summed E-state index contributed by atoms with van der Waals surface area (Å²) in [6, 6.07) is 3.61. The van der Waals surface area contributed by atoms with Gasteiger partial charge < -0.3 is 4.42 Å². The van der Waals surface area contributed by atoms with Crippen molar-refractivity contribution in [2.75, 3.05) is 0 Å². The van der Waals surface area contributed by atoms with E-state index >= 15 is 0 Å². The number of furan rings is 1. The third-order valence-corrected chi connectivity index (χ3v) is 1.65. The SMILES string of the molecule is Brc1ccc(-c2ncn[nH]2)o1. The van der Waals surface area contributed by atoms with E-state index in [1.165, 1.54) is 6.33 Å². The highest BCUT2D eigenvalue weighted by atomic mass is 79.9. The standard InChI is InChI=1S/C6H4BrN3O/c7-5-2-1-4(11-5)6-8-3-9-10-6/h1-3H,(H,8,9,10). The average molecular weight is 214 g/mol. The molecule has 0 unspecified atom stereocenters. The van der Waals surface area contributed by atoms with Crippen molar-refractivity contribution < 1.29 is 4.42 Å². The Morgan fingerprint density at radius 2 is 2.36 bits per heavy atom. The second kappa shape index (κ2) is 2.50. The van der Waals surface area contributed by atoms with Crippen LogP contribution in [0.25, 0.3) is 11.6 Å². The molecule has 56 valence electrons. The molecule has 11 heavy (non-hydrogen) atoms. The first-order valence-electron chi connectivity index (χ1n) is 2.97. The molecule has 0 aromatic carbocycles. The summed E-state index contributed by atoms with van der Waals surface area (Å²) in [5.41, 5.74) is 0. The Labute approximate surface area is 70.8 Å². The Morgan fingerprint density at radius 1 is 1.45 bits per heavy atom. The predicted octanol–water partition coefficient (Wildman–Crippen LogP) is 1.83. The van der Waals surface area contributed by atoms with Crippen molar-refractivity contribution in [2.45, 2.75) is 0 Å². The molecule has 0 bridgehead atoms. The van der Waals surface area contributed by atoms with E-state index in [1.807, 2.05) is 6.07 Å². The van der Waals surface area contributed by atoms with E-state index in [-0.39, 0.29) is 0 Å². The zero-order valence-electron chi connectivity index (χ0n) is 5.41. The molecule has 0 aliphatic carbocycles. The predicted molar refractivity (Wildman–Crippen MR) is 41.8 cm³/mol. The molecule has 0 aliphatic heterocycles. The van der Waals surface area contributed by atoms with Crippen LogP contribution in [-0.4, -0.2) is 15.2 Å². The van der Waals surface area contributed by atoms with E-state index in [1.54, 1.807) is 6.07 Å². The van der Waals surface area contributed by atoms with Crippen LogP contribution in [0.3, 0.4) is 0 Å². The first-order valence-corrected chi connectivity index (χ1v) is 3.76. The van der Waals surface area contributed by atoms with Crippen molar-refractivity contribution in [3.63, 3.8) is 0 Å². The van der Waals surface area contributed by atoms with Gasteiger partial charge in [0.25, 0.3) is 0 Å². The molecule has 5 heteroatoms. The zero-order chi connectivity index (χ0) is 7.68. The highest BCUT2D eigenvalue weighted by Gasteiger charge is 2.04. The maximum atomic E-state index is 5.21. The van der Waals surface area contributed by atoms with Crippen LogP contribution in [0.5, 0.6) is 0 Å². The molecule has 0 amide bonds. The summed E-state index contributed by atoms with van der Waals surface area (Å²) in [4.78, 5) is 3.92. The van der Waals surface area contributed by atoms with Crippen LogP contribution in [0.15, 0.2) is 27.5 Å². The minimum absolute atomic E-state index is 0.635. The van der Waals surface area contributed by atoms with Crippen LogP contribution in [0.2, 0.25) is 0 Å². The maximum Gasteiger partial charge on any atom is 0.191 e. The summed E-state index contributed by atoms with van der Waals surface area (Å²) in [5.74, 6) is 1.31. The third-order valence-electron chi connectivity index (χ3n) is 1.22. The second-order valence-electron chi connectivity index (χ2n) is 1.94. The maximum absolute atomic E-state index is 5.21. The van der Waals surface area contributed by atoms with E-state index in [4.69, 9.17) is 4.42 Å². The summed E-state index contributed by atoms with van der Waals surface area (Å²) in [7, 11) is 0. The van der Waals surface area contributed by atoms with Gasteiger partial charge in [-0.2, -0.15) is 5.10 Å². The smallest absolute Gasteiger partial charge is 0.191 e. The number of rotatable bonds is 1. The van der Waals surface area contributed by atoms with Gasteiger partial charge in [-0.25, -0.2) is 4.98 Å². The lowest BCUT2D eigenvalue weighted by Crippen LogP contribution is -1.74. The lowest BCUT2D eigenvalue weighted by Gasteiger charge is -1.85. The van der Waals surface area contributed by atoms with Gasteiger partial charge in [0, 0.05) is 0 Å². The molecule has 2 rings (SSSR count). The minimum atomic E-state index is 0.635. The molecule has 2 heterocycles. The lowest BCUT2D eigenvalue weighted by molar-refractivity contribution is 0.551. The number of aromatic amines is 1. The number of halogens is 1. The van der Waals surface area contributed by atoms with Gasteiger partial charge >= 0.3 is 0 Å². The summed E-state index contributed by atoms with van der Waals surface area (Å²) < 4.78 is 5.89. The molecule has 1 N–H and O–H groups in total. The van der Waals surface area contributed by atoms with Gasteiger partial charge in [0.15, 0.2) is 16.3 Å². The fourth-order valence-electron chi connectivity index (χ4n) is 0.766. The number of hydrogen-bond donors (Lipinski definition) is 1. The van der Waals surface area contributed by atoms with Gasteiger partial charge in [-0.05, 0) is 28.1 Å². The molecular weight excluding hydrogens is 210 g/mol. The van der Waals surface area contributed by atoms with Gasteiger partial charge in [-0.15, -0.1) is 0 Å². The van der Waals surface area contributed by atoms with Crippen LogP contribution < -0.4 is 0 Å². The third kappa shape index (κ3) is 1.19. The van der Waals surface area contributed by atoms with Gasteiger partial charge in [0.05, 0.1) is 0 Å². The molecule has 4 nitrogen and oxygen atoms in total. The van der Waals surface area contributed by atoms with Crippen LogP contribution in [0.1, 0.15) is 0 Å². The Balaban J connectivity index is 2.45. The van der Waals surface area contributed by atoms with E-state index < -0.39 is 0 Å². The van der Waals surface area contributed by atoms with Crippen molar-refractivity contribution >= 4 is 15.9 Å². The molecule has 0 atom stereocenters. The van der Waals surface area contributed by atoms with Crippen molar-refractivity contribution in [2.24, 2.45) is 0 Å². The highest BCUT2D eigenvalue weighted by Crippen LogP contribution is 2.20. The van der Waals surface area contributed by atoms with Crippen LogP contribution >= 0.6 is 15.9 Å². The average Bonchev–Trinajstić information content (AvgIpc) is 2.55. The van der Waals surface area contributed by atoms with E-state index in [0.29, 0.717) is 16.3 Å². The number of nitrogens with one attached hydrogen (secondary N) is 1. The van der Waals surface area contributed by atoms with Crippen LogP contribution in [0.4, 0.5) is 0 Å². The molecule has 0 saturated carbocycles. The van der Waals surface area contributed by atoms with E-state index in [0.717, 1.165) is 0 Å². The molecule has 0 spiro atoms. The minimum Gasteiger partial charge on any atom is -0.446 e. The molecule has 0 radical (unpaired) electrons. The molecule has 0 fully saturated rings. The van der Waals surface area contributed by atoms with Gasteiger partial charge in [0.2, 0.25) is 0 Å². The quantitative estimate of drug-likeness (QED) is 0.787. The Hall–Kier alpha value is -1.10. The van der Waals surface area contributed by atoms with Crippen molar-refractivity contribution in [1.82, 2.24) is 15.2 Å². The Morgan fingerprint density at radius 3 is 2.91 bits per heavy atom. The number of nitrogens with zero attached hydrogens (tertiary/aromatic N) is 2. The van der Waals surface area contributed by atoms with E-state index in [2.05, 4.69) is 31.1 Å². The Kier molecular flexibility index (Phi) is 1.50. The van der Waals surface area contributed by atoms with Crippen molar-refractivity contribution in [3.05, 3.63) is 23.1 Å². The molecule has 2 aromatic rings. The lowest BCUT2D eigenvalue weighted by atomic mass is 10.4. The van der Waals surface area contributed by atoms with E-state index in [9.17, 15) is 0 Å². The summed E-state index contributed by atoms with van der Waals surface area (Å²) in [6.45, 7) is 0. The van der Waals surface area contributed by atoms with Gasteiger partial charge in [-0.3, -0.25) is 5.10 Å². The fraction of sp³-hybridized carbons (Fsp3) is 0. The van der Waals surface area contributed by atoms with Crippen LogP contribution in [-0.2, 0) is 0 Å². The zero-order valence-corrected chi connectivity index (χ0v) is 7.00. The number of H-pyrrole nitrogens is 1. The summed E-state index contributed by atoms with van der Waals surface area (Å²) >= 11 is 3.19. The molecule has 0 saturated heterocycles.